The number of carbonyl (C=O) groups is 2. The summed E-state index contributed by atoms with van der Waals surface area (Å²) in [5, 5.41) is 57.4. The summed E-state index contributed by atoms with van der Waals surface area (Å²) in [7, 11) is 0. The molecule has 0 aliphatic carbocycles. The second kappa shape index (κ2) is 65.2. The number of allylic oxidation sites excluding steroid dienone is 11. The van der Waals surface area contributed by atoms with Crippen molar-refractivity contribution in [3.8, 4) is 0 Å². The summed E-state index contributed by atoms with van der Waals surface area (Å²) in [6, 6.07) is -1.03. The van der Waals surface area contributed by atoms with Crippen molar-refractivity contribution in [1.29, 1.82) is 0 Å². The predicted octanol–water partition coefficient (Wildman–Crippen LogP) is 19.9. The highest BCUT2D eigenvalue weighted by atomic mass is 16.7. The van der Waals surface area contributed by atoms with Crippen LogP contribution < -0.4 is 5.32 Å². The molecule has 6 N–H and O–H groups in total. The molecule has 0 radical (unpaired) electrons. The van der Waals surface area contributed by atoms with Crippen LogP contribution in [-0.2, 0) is 23.8 Å². The number of ether oxygens (including phenoxy) is 3. The molecule has 11 heteroatoms. The summed E-state index contributed by atoms with van der Waals surface area (Å²) in [6.07, 6.45) is 75.1. The minimum atomic E-state index is -1.62. The van der Waals surface area contributed by atoms with E-state index in [9.17, 15) is 35.1 Å². The zero-order valence-electron chi connectivity index (χ0n) is 57.8. The van der Waals surface area contributed by atoms with Crippen molar-refractivity contribution >= 4 is 11.9 Å². The van der Waals surface area contributed by atoms with E-state index in [2.05, 4.69) is 86.8 Å². The Hall–Kier alpha value is -2.90. The fourth-order valence-electron chi connectivity index (χ4n) is 11.6. The number of rotatable bonds is 65. The van der Waals surface area contributed by atoms with Crippen LogP contribution in [0.4, 0.5) is 0 Å². The molecule has 0 spiro atoms. The van der Waals surface area contributed by atoms with Crippen LogP contribution in [0.1, 0.15) is 348 Å². The number of carbonyl (C=O) groups excluding carboxylic acids is 2. The van der Waals surface area contributed by atoms with Gasteiger partial charge in [-0.1, -0.05) is 318 Å². The first kappa shape index (κ1) is 84.1. The van der Waals surface area contributed by atoms with Crippen molar-refractivity contribution in [2.75, 3.05) is 13.2 Å². The van der Waals surface area contributed by atoms with E-state index in [1.54, 1.807) is 6.08 Å². The summed E-state index contributed by atoms with van der Waals surface area (Å²) in [6.45, 7) is 5.80. The van der Waals surface area contributed by atoms with E-state index < -0.39 is 67.4 Å². The van der Waals surface area contributed by atoms with Gasteiger partial charge in [0.1, 0.15) is 24.4 Å². The van der Waals surface area contributed by atoms with Crippen LogP contribution in [0.2, 0.25) is 0 Å². The highest BCUT2D eigenvalue weighted by Crippen LogP contribution is 2.26. The molecular weight excluding hydrogens is 1110 g/mol. The van der Waals surface area contributed by atoms with Crippen LogP contribution in [0.15, 0.2) is 72.9 Å². The molecule has 8 atom stereocenters. The monoisotopic (exact) mass is 1250 g/mol. The number of amides is 1. The maximum Gasteiger partial charge on any atom is 0.306 e. The predicted molar refractivity (Wildman–Crippen MR) is 375 cm³/mol. The van der Waals surface area contributed by atoms with Gasteiger partial charge < -0.3 is 45.1 Å². The Morgan fingerprint density at radius 1 is 0.438 bits per heavy atom. The van der Waals surface area contributed by atoms with Crippen molar-refractivity contribution in [2.45, 2.75) is 397 Å². The lowest BCUT2D eigenvalue weighted by atomic mass is 9.99. The fourth-order valence-corrected chi connectivity index (χ4v) is 11.6. The van der Waals surface area contributed by atoms with Gasteiger partial charge in [0.2, 0.25) is 5.91 Å². The molecule has 11 nitrogen and oxygen atoms in total. The zero-order chi connectivity index (χ0) is 64.6. The second-order valence-corrected chi connectivity index (χ2v) is 26.0. The summed E-state index contributed by atoms with van der Waals surface area (Å²) in [5.74, 6) is -1.19. The third-order valence-electron chi connectivity index (χ3n) is 17.6. The summed E-state index contributed by atoms with van der Waals surface area (Å²) in [4.78, 5) is 26.7. The lowest BCUT2D eigenvalue weighted by molar-refractivity contribution is -0.305. The quantitative estimate of drug-likeness (QED) is 0.0195. The normalized spacial score (nSPS) is 18.5. The number of nitrogens with one attached hydrogen (secondary N) is 1. The molecule has 0 aromatic rings. The van der Waals surface area contributed by atoms with E-state index in [0.717, 1.165) is 83.5 Å². The van der Waals surface area contributed by atoms with Gasteiger partial charge in [-0.3, -0.25) is 9.59 Å². The molecule has 1 heterocycles. The maximum atomic E-state index is 13.5. The smallest absolute Gasteiger partial charge is 0.306 e. The molecule has 1 fully saturated rings. The molecule has 8 unspecified atom stereocenters. The van der Waals surface area contributed by atoms with Gasteiger partial charge in [0.05, 0.1) is 25.4 Å². The number of aliphatic hydroxyl groups is 5. The molecular formula is C78H141NO10. The van der Waals surface area contributed by atoms with Gasteiger partial charge in [-0.05, 0) is 96.3 Å². The third kappa shape index (κ3) is 52.2. The van der Waals surface area contributed by atoms with Crippen LogP contribution in [-0.4, -0.2) is 99.6 Å². The second-order valence-electron chi connectivity index (χ2n) is 26.0. The lowest BCUT2D eigenvalue weighted by Gasteiger charge is -2.41. The van der Waals surface area contributed by atoms with Crippen LogP contribution in [0.5, 0.6) is 0 Å². The molecule has 1 aliphatic rings. The molecule has 1 aliphatic heterocycles. The molecule has 0 bridgehead atoms. The van der Waals surface area contributed by atoms with E-state index in [-0.39, 0.29) is 19.4 Å². The van der Waals surface area contributed by atoms with Gasteiger partial charge in [0, 0.05) is 6.42 Å². The first-order valence-corrected chi connectivity index (χ1v) is 37.7. The van der Waals surface area contributed by atoms with Gasteiger partial charge in [-0.25, -0.2) is 0 Å². The minimum Gasteiger partial charge on any atom is -0.454 e. The van der Waals surface area contributed by atoms with Gasteiger partial charge >= 0.3 is 5.97 Å². The molecule has 1 saturated heterocycles. The van der Waals surface area contributed by atoms with Crippen molar-refractivity contribution in [2.24, 2.45) is 0 Å². The average Bonchev–Trinajstić information content (AvgIpc) is 3.11. The summed E-state index contributed by atoms with van der Waals surface area (Å²) < 4.78 is 17.7. The van der Waals surface area contributed by atoms with Crippen LogP contribution in [0.25, 0.3) is 0 Å². The highest BCUT2D eigenvalue weighted by Gasteiger charge is 2.47. The van der Waals surface area contributed by atoms with Gasteiger partial charge in [-0.2, -0.15) is 0 Å². The van der Waals surface area contributed by atoms with E-state index in [0.29, 0.717) is 12.8 Å². The Labute approximate surface area is 547 Å². The first-order valence-electron chi connectivity index (χ1n) is 37.7. The van der Waals surface area contributed by atoms with E-state index in [1.807, 2.05) is 6.08 Å². The SMILES string of the molecule is CCCCC/C=C\C/C=C\C/C=C\C/C=C\CCCCCCCCCCCCC(O)C(=O)NC(COC1OC(CO)C(O)C(O)C1OC(=O)CCCCCCCCCCCCC/C=C/CCCCCCCC)C(O)/C=C/CCCCCCCCCCCCC. The number of hydrogen-bond acceptors (Lipinski definition) is 10. The van der Waals surface area contributed by atoms with Crippen LogP contribution in [0, 0.1) is 0 Å². The summed E-state index contributed by atoms with van der Waals surface area (Å²) in [5.41, 5.74) is 0. The van der Waals surface area contributed by atoms with Crippen molar-refractivity contribution in [1.82, 2.24) is 5.32 Å². The van der Waals surface area contributed by atoms with Gasteiger partial charge in [0.25, 0.3) is 0 Å². The molecule has 0 saturated carbocycles. The largest absolute Gasteiger partial charge is 0.454 e. The Bertz CT molecular complexity index is 1730. The molecule has 1 rings (SSSR count). The molecule has 518 valence electrons. The minimum absolute atomic E-state index is 0.123. The maximum absolute atomic E-state index is 13.5. The highest BCUT2D eigenvalue weighted by molar-refractivity contribution is 5.80. The van der Waals surface area contributed by atoms with Crippen molar-refractivity contribution < 1.29 is 49.3 Å². The number of unbranched alkanes of at least 4 members (excludes halogenated alkanes) is 41. The van der Waals surface area contributed by atoms with Crippen molar-refractivity contribution in [3.63, 3.8) is 0 Å². The Balaban J connectivity index is 2.56. The summed E-state index contributed by atoms with van der Waals surface area (Å²) >= 11 is 0. The Morgan fingerprint density at radius 3 is 1.19 bits per heavy atom. The lowest BCUT2D eigenvalue weighted by Crippen LogP contribution is -2.61. The fraction of sp³-hybridized carbons (Fsp3) is 0.821. The van der Waals surface area contributed by atoms with Crippen LogP contribution >= 0.6 is 0 Å². The number of esters is 1. The average molecular weight is 1250 g/mol. The number of hydrogen-bond donors (Lipinski definition) is 6. The topological polar surface area (TPSA) is 175 Å². The van der Waals surface area contributed by atoms with Crippen LogP contribution in [0.3, 0.4) is 0 Å². The number of aliphatic hydroxyl groups excluding tert-OH is 5. The third-order valence-corrected chi connectivity index (χ3v) is 17.6. The molecule has 1 amide bonds. The van der Waals surface area contributed by atoms with Crippen molar-refractivity contribution in [3.05, 3.63) is 72.9 Å². The van der Waals surface area contributed by atoms with E-state index in [4.69, 9.17) is 14.2 Å². The molecule has 0 aromatic heterocycles. The van der Waals surface area contributed by atoms with E-state index >= 15 is 0 Å². The van der Waals surface area contributed by atoms with Gasteiger partial charge in [0.15, 0.2) is 12.4 Å². The van der Waals surface area contributed by atoms with E-state index in [1.165, 1.54) is 218 Å². The zero-order valence-corrected chi connectivity index (χ0v) is 57.8. The Morgan fingerprint density at radius 2 is 0.775 bits per heavy atom. The first-order chi connectivity index (χ1) is 43.7. The standard InChI is InChI=1S/C78H141NO10/c1-4-7-10-13-16-19-22-25-27-29-31-33-34-35-36-37-39-40-42-44-47-50-53-56-59-62-65-71(82)77(86)79-69(70(81)64-61-58-55-52-49-46-24-21-18-15-12-9-6-3)68-87-78-76(75(85)74(84)72(67-80)88-78)89-73(83)66-63-60-57-54-51-48-45-43-41-38-32-30-28-26-23-20-17-14-11-8-5-2/h16,19,25-28,31,33,35-36,61,64,69-72,74-76,78,80-82,84-85H,4-15,17-18,20-24,29-30,32,34,37-60,62-63,65-68H2,1-3H3,(H,79,86)/b19-16-,27-25-,28-26+,33-31-,36-35-,64-61+. The molecule has 89 heavy (non-hydrogen) atoms. The van der Waals surface area contributed by atoms with Gasteiger partial charge in [-0.15, -0.1) is 0 Å². The molecule has 0 aromatic carbocycles. The Kier molecular flexibility index (Phi) is 61.6.